The van der Waals surface area contributed by atoms with Crippen molar-refractivity contribution in [2.45, 2.75) is 18.8 Å². The predicted molar refractivity (Wildman–Crippen MR) is 78.7 cm³/mol. The van der Waals surface area contributed by atoms with Gasteiger partial charge in [0.1, 0.15) is 0 Å². The molecule has 0 spiro atoms. The number of amides is 1. The smallest absolute Gasteiger partial charge is 0.280 e. The highest BCUT2D eigenvalue weighted by Crippen LogP contribution is 2.42. The van der Waals surface area contributed by atoms with E-state index in [2.05, 4.69) is 0 Å². The molecule has 1 heterocycles. The summed E-state index contributed by atoms with van der Waals surface area (Å²) in [7, 11) is 0. The quantitative estimate of drug-likeness (QED) is 0.591. The van der Waals surface area contributed by atoms with Crippen molar-refractivity contribution in [1.29, 1.82) is 0 Å². The van der Waals surface area contributed by atoms with Crippen LogP contribution in [0.3, 0.4) is 0 Å². The first-order chi connectivity index (χ1) is 11.5. The second kappa shape index (κ2) is 5.66. The van der Waals surface area contributed by atoms with Crippen molar-refractivity contribution < 1.29 is 31.1 Å². The highest BCUT2D eigenvalue weighted by atomic mass is 35.5. The van der Waals surface area contributed by atoms with Gasteiger partial charge in [-0.25, -0.2) is 0 Å². The first-order valence-corrected chi connectivity index (χ1v) is 7.26. The summed E-state index contributed by atoms with van der Waals surface area (Å²) < 4.78 is 77.6. The molecule has 0 N–H and O–H groups in total. The lowest BCUT2D eigenvalue weighted by molar-refractivity contribution is -0.138. The fourth-order valence-corrected chi connectivity index (χ4v) is 2.85. The molecule has 132 valence electrons. The molecule has 2 aromatic carbocycles. The Morgan fingerprint density at radius 2 is 1.60 bits per heavy atom. The van der Waals surface area contributed by atoms with E-state index in [1.165, 1.54) is 0 Å². The van der Waals surface area contributed by atoms with Gasteiger partial charge < -0.3 is 0 Å². The Hall–Kier alpha value is -2.22. The summed E-state index contributed by atoms with van der Waals surface area (Å²) in [4.78, 5) is 13.0. The molecule has 3 rings (SSSR count). The van der Waals surface area contributed by atoms with Crippen molar-refractivity contribution in [1.82, 2.24) is 0 Å². The Labute approximate surface area is 142 Å². The number of halogens is 7. The van der Waals surface area contributed by atoms with Crippen molar-refractivity contribution >= 4 is 28.9 Å². The van der Waals surface area contributed by atoms with Crippen LogP contribution < -0.4 is 4.90 Å². The van der Waals surface area contributed by atoms with E-state index in [0.717, 1.165) is 35.2 Å². The zero-order valence-corrected chi connectivity index (χ0v) is 12.9. The van der Waals surface area contributed by atoms with Crippen molar-refractivity contribution in [3.05, 3.63) is 58.1 Å². The Morgan fingerprint density at radius 3 is 2.20 bits per heavy atom. The first-order valence-electron chi connectivity index (χ1n) is 6.88. The molecule has 0 aliphatic carbocycles. The van der Waals surface area contributed by atoms with Crippen molar-refractivity contribution in [3.8, 4) is 0 Å². The summed E-state index contributed by atoms with van der Waals surface area (Å²) in [6.07, 6.45) is -9.59. The molecule has 2 nitrogen and oxygen atoms in total. The Morgan fingerprint density at radius 1 is 0.920 bits per heavy atom. The molecule has 1 amide bonds. The lowest BCUT2D eigenvalue weighted by Crippen LogP contribution is -2.21. The average Bonchev–Trinajstić information content (AvgIpc) is 2.81. The number of nitrogens with zero attached hydrogens (tertiary/aromatic N) is 1. The van der Waals surface area contributed by atoms with Gasteiger partial charge in [0.25, 0.3) is 0 Å². The van der Waals surface area contributed by atoms with Crippen molar-refractivity contribution in [3.63, 3.8) is 0 Å². The van der Waals surface area contributed by atoms with Crippen molar-refractivity contribution in [2.24, 2.45) is 0 Å². The number of alkyl halides is 6. The lowest BCUT2D eigenvalue weighted by atomic mass is 10.1. The van der Waals surface area contributed by atoms with E-state index in [0.29, 0.717) is 11.6 Å². The fourth-order valence-electron chi connectivity index (χ4n) is 2.63. The minimum Gasteiger partial charge on any atom is -0.280 e. The monoisotopic (exact) mass is 379 g/mol. The van der Waals surface area contributed by atoms with Gasteiger partial charge in [0.2, 0.25) is 5.91 Å². The molecule has 25 heavy (non-hydrogen) atoms. The molecule has 1 aliphatic heterocycles. The number of anilines is 2. The minimum absolute atomic E-state index is 0.0877. The third kappa shape index (κ3) is 3.18. The summed E-state index contributed by atoms with van der Waals surface area (Å²) >= 11 is 5.54. The maximum absolute atomic E-state index is 13.0. The molecule has 0 bridgehead atoms. The van der Waals surface area contributed by atoms with E-state index >= 15 is 0 Å². The summed E-state index contributed by atoms with van der Waals surface area (Å²) in [6, 6.07) is 5.50. The van der Waals surface area contributed by atoms with E-state index in [9.17, 15) is 31.1 Å². The highest BCUT2D eigenvalue weighted by molar-refractivity contribution is 6.31. The highest BCUT2D eigenvalue weighted by Gasteiger charge is 2.37. The largest absolute Gasteiger partial charge is 0.417 e. The van der Waals surface area contributed by atoms with Gasteiger partial charge in [-0.3, -0.25) is 9.69 Å². The van der Waals surface area contributed by atoms with Gasteiger partial charge in [-0.15, -0.1) is 0 Å². The Kier molecular flexibility index (Phi) is 3.98. The SMILES string of the molecule is O=C1Cc2ccc(C(F)(F)F)cc2N1c1ccc(Cl)c(C(F)(F)F)c1. The van der Waals surface area contributed by atoms with Gasteiger partial charge in [0.15, 0.2) is 0 Å². The van der Waals surface area contributed by atoms with Crippen LogP contribution in [-0.4, -0.2) is 5.91 Å². The lowest BCUT2D eigenvalue weighted by Gasteiger charge is -2.20. The van der Waals surface area contributed by atoms with E-state index in [-0.39, 0.29) is 17.8 Å². The third-order valence-electron chi connectivity index (χ3n) is 3.76. The van der Waals surface area contributed by atoms with Gasteiger partial charge in [0.05, 0.1) is 28.3 Å². The average molecular weight is 380 g/mol. The first kappa shape index (κ1) is 17.6. The van der Waals surface area contributed by atoms with E-state index in [4.69, 9.17) is 11.6 Å². The second-order valence-electron chi connectivity index (χ2n) is 5.41. The molecule has 2 aromatic rings. The molecular weight excluding hydrogens is 372 g/mol. The van der Waals surface area contributed by atoms with Crippen LogP contribution in [0.25, 0.3) is 0 Å². The van der Waals surface area contributed by atoms with Crippen LogP contribution in [0, 0.1) is 0 Å². The number of carbonyl (C=O) groups is 1. The zero-order valence-electron chi connectivity index (χ0n) is 12.2. The normalized spacial score (nSPS) is 14.8. The number of hydrogen-bond donors (Lipinski definition) is 0. The van der Waals surface area contributed by atoms with Gasteiger partial charge >= 0.3 is 12.4 Å². The van der Waals surface area contributed by atoms with Gasteiger partial charge in [-0.2, -0.15) is 26.3 Å². The molecule has 0 radical (unpaired) electrons. The van der Waals surface area contributed by atoms with Gasteiger partial charge in [-0.1, -0.05) is 17.7 Å². The number of carbonyl (C=O) groups excluding carboxylic acids is 1. The van der Waals surface area contributed by atoms with Crippen LogP contribution in [0.1, 0.15) is 16.7 Å². The molecule has 0 unspecified atom stereocenters. The summed E-state index contributed by atoms with van der Waals surface area (Å²) in [5.74, 6) is -0.621. The molecular formula is C16H8ClF6NO. The molecule has 0 aromatic heterocycles. The molecule has 1 aliphatic rings. The van der Waals surface area contributed by atoms with Crippen LogP contribution in [0.2, 0.25) is 5.02 Å². The second-order valence-corrected chi connectivity index (χ2v) is 5.82. The fraction of sp³-hybridized carbons (Fsp3) is 0.188. The van der Waals surface area contributed by atoms with Gasteiger partial charge in [0, 0.05) is 5.69 Å². The number of rotatable bonds is 1. The molecule has 0 saturated carbocycles. The third-order valence-corrected chi connectivity index (χ3v) is 4.09. The molecule has 0 saturated heterocycles. The standard InChI is InChI=1S/C16H8ClF6NO/c17-12-4-3-10(7-11(12)16(21,22)23)24-13-6-9(15(18,19)20)2-1-8(13)5-14(24)25/h1-4,6-7H,5H2. The Bertz CT molecular complexity index is 859. The number of benzene rings is 2. The van der Waals surface area contributed by atoms with Crippen LogP contribution in [-0.2, 0) is 23.6 Å². The molecule has 0 atom stereocenters. The van der Waals surface area contributed by atoms with E-state index < -0.39 is 34.4 Å². The van der Waals surface area contributed by atoms with Crippen LogP contribution in [0.15, 0.2) is 36.4 Å². The summed E-state index contributed by atoms with van der Waals surface area (Å²) in [6.45, 7) is 0. The van der Waals surface area contributed by atoms with Crippen LogP contribution >= 0.6 is 11.6 Å². The van der Waals surface area contributed by atoms with Crippen LogP contribution in [0.4, 0.5) is 37.7 Å². The van der Waals surface area contributed by atoms with Crippen LogP contribution in [0.5, 0.6) is 0 Å². The van der Waals surface area contributed by atoms with Crippen molar-refractivity contribution in [2.75, 3.05) is 4.90 Å². The zero-order chi connectivity index (χ0) is 18.6. The topological polar surface area (TPSA) is 20.3 Å². The van der Waals surface area contributed by atoms with E-state index in [1.54, 1.807) is 0 Å². The number of hydrogen-bond acceptors (Lipinski definition) is 1. The summed E-state index contributed by atoms with van der Waals surface area (Å²) in [5.41, 5.74) is -2.13. The molecule has 9 heteroatoms. The minimum atomic E-state index is -4.76. The molecule has 0 fully saturated rings. The maximum Gasteiger partial charge on any atom is 0.417 e. The summed E-state index contributed by atoms with van der Waals surface area (Å²) in [5, 5.41) is -0.563. The Balaban J connectivity index is 2.13. The van der Waals surface area contributed by atoms with E-state index in [1.807, 2.05) is 0 Å². The van der Waals surface area contributed by atoms with Gasteiger partial charge in [-0.05, 0) is 35.9 Å². The predicted octanol–water partition coefficient (Wildman–Crippen LogP) is 5.60. The maximum atomic E-state index is 13.0. The number of fused-ring (bicyclic) bond motifs is 1.